The highest BCUT2D eigenvalue weighted by molar-refractivity contribution is 5.96. The summed E-state index contributed by atoms with van der Waals surface area (Å²) in [6, 6.07) is 7.61. The summed E-state index contributed by atoms with van der Waals surface area (Å²) in [6.45, 7) is 0.626. The summed E-state index contributed by atoms with van der Waals surface area (Å²) in [4.78, 5) is 40.9. The summed E-state index contributed by atoms with van der Waals surface area (Å²) in [7, 11) is 4.57. The molecule has 0 radical (unpaired) electrons. The highest BCUT2D eigenvalue weighted by Gasteiger charge is 2.52. The molecular formula is C32H38N2O10. The lowest BCUT2D eigenvalue weighted by atomic mass is 9.77. The number of aliphatic hydroxyl groups excluding tert-OH is 2. The van der Waals surface area contributed by atoms with Crippen LogP contribution in [-0.2, 0) is 20.7 Å². The van der Waals surface area contributed by atoms with Gasteiger partial charge in [-0.2, -0.15) is 0 Å². The maximum Gasteiger partial charge on any atom is 0.247 e. The SMILES string of the molecule is COc1ccc(OC)c(CCN(C(=O)C2CCOC2)C2C=C(C(=O)NCCO)C3c4cc(C=O)cc(OC)c4OC3C2O)c1. The Balaban J connectivity index is 1.57. The van der Waals surface area contributed by atoms with E-state index in [0.29, 0.717) is 59.9 Å². The van der Waals surface area contributed by atoms with E-state index in [1.54, 1.807) is 43.4 Å². The van der Waals surface area contributed by atoms with Gasteiger partial charge < -0.3 is 44.1 Å². The van der Waals surface area contributed by atoms with Crippen LogP contribution in [0.15, 0.2) is 42.0 Å². The summed E-state index contributed by atoms with van der Waals surface area (Å²) in [5, 5.41) is 24.0. The minimum atomic E-state index is -1.25. The molecule has 2 aliphatic heterocycles. The van der Waals surface area contributed by atoms with Crippen LogP contribution in [0.1, 0.15) is 33.8 Å². The predicted octanol–water partition coefficient (Wildman–Crippen LogP) is 1.26. The molecule has 0 bridgehead atoms. The Hall–Kier alpha value is -4.13. The van der Waals surface area contributed by atoms with E-state index in [1.807, 2.05) is 6.07 Å². The molecule has 2 heterocycles. The second kappa shape index (κ2) is 13.7. The van der Waals surface area contributed by atoms with E-state index in [0.717, 1.165) is 5.56 Å². The van der Waals surface area contributed by atoms with Gasteiger partial charge in [0, 0.05) is 36.4 Å². The van der Waals surface area contributed by atoms with Gasteiger partial charge >= 0.3 is 0 Å². The van der Waals surface area contributed by atoms with Gasteiger partial charge in [0.05, 0.1) is 52.4 Å². The average Bonchev–Trinajstić information content (AvgIpc) is 3.73. The van der Waals surface area contributed by atoms with Crippen molar-refractivity contribution >= 4 is 18.1 Å². The molecule has 5 unspecified atom stereocenters. The van der Waals surface area contributed by atoms with E-state index in [4.69, 9.17) is 23.7 Å². The maximum atomic E-state index is 14.0. The van der Waals surface area contributed by atoms with Crippen molar-refractivity contribution in [2.45, 2.75) is 37.0 Å². The minimum absolute atomic E-state index is 0.00385. The zero-order valence-electron chi connectivity index (χ0n) is 25.0. The molecule has 5 atom stereocenters. The van der Waals surface area contributed by atoms with E-state index in [-0.39, 0.29) is 37.8 Å². The molecule has 2 amide bonds. The van der Waals surface area contributed by atoms with Gasteiger partial charge in [-0.3, -0.25) is 14.4 Å². The molecule has 2 aromatic carbocycles. The highest BCUT2D eigenvalue weighted by atomic mass is 16.5. The molecule has 236 valence electrons. The third-order valence-electron chi connectivity index (χ3n) is 8.44. The standard InChI is InChI=1S/C32H38N2O10/c1-40-21-4-5-25(41-2)19(14-21)6-9-34(32(39)20-7-11-43-17-20)24-15-23(31(38)33-8-10-35)27-22-12-18(16-36)13-26(42-3)29(22)44-30(27)28(24)37/h4-5,12-16,20,24,27-28,30,35,37H,6-11,17H2,1-3H3,(H,33,38). The van der Waals surface area contributed by atoms with Crippen LogP contribution in [0.25, 0.3) is 0 Å². The number of aliphatic hydroxyl groups is 2. The molecule has 0 saturated carbocycles. The van der Waals surface area contributed by atoms with Crippen molar-refractivity contribution in [3.05, 3.63) is 58.7 Å². The van der Waals surface area contributed by atoms with Crippen LogP contribution in [0.4, 0.5) is 0 Å². The second-order valence-corrected chi connectivity index (χ2v) is 10.9. The van der Waals surface area contributed by atoms with Gasteiger partial charge in [-0.1, -0.05) is 0 Å². The molecule has 0 aromatic heterocycles. The largest absolute Gasteiger partial charge is 0.497 e. The third kappa shape index (κ3) is 5.97. The van der Waals surface area contributed by atoms with E-state index >= 15 is 0 Å². The first-order valence-electron chi connectivity index (χ1n) is 14.6. The molecule has 1 saturated heterocycles. The van der Waals surface area contributed by atoms with Crippen molar-refractivity contribution in [2.75, 3.05) is 54.2 Å². The van der Waals surface area contributed by atoms with Crippen LogP contribution < -0.4 is 24.3 Å². The lowest BCUT2D eigenvalue weighted by Crippen LogP contribution is -2.57. The molecule has 1 fully saturated rings. The first-order chi connectivity index (χ1) is 21.3. The van der Waals surface area contributed by atoms with E-state index in [9.17, 15) is 24.6 Å². The molecule has 5 rings (SSSR count). The van der Waals surface area contributed by atoms with Gasteiger partial charge in [0.25, 0.3) is 0 Å². The monoisotopic (exact) mass is 610 g/mol. The first-order valence-corrected chi connectivity index (χ1v) is 14.6. The van der Waals surface area contributed by atoms with Gasteiger partial charge in [0.2, 0.25) is 11.8 Å². The smallest absolute Gasteiger partial charge is 0.247 e. The molecule has 0 spiro atoms. The van der Waals surface area contributed by atoms with E-state index in [2.05, 4.69) is 5.32 Å². The minimum Gasteiger partial charge on any atom is -0.497 e. The average molecular weight is 611 g/mol. The Morgan fingerprint density at radius 1 is 1.11 bits per heavy atom. The van der Waals surface area contributed by atoms with Crippen LogP contribution >= 0.6 is 0 Å². The number of fused-ring (bicyclic) bond motifs is 3. The third-order valence-corrected chi connectivity index (χ3v) is 8.44. The fourth-order valence-electron chi connectivity index (χ4n) is 6.25. The molecule has 1 aliphatic carbocycles. The van der Waals surface area contributed by atoms with Crippen LogP contribution in [-0.4, -0.2) is 106 Å². The van der Waals surface area contributed by atoms with Crippen LogP contribution in [0.5, 0.6) is 23.0 Å². The number of amides is 2. The molecule has 12 heteroatoms. The second-order valence-electron chi connectivity index (χ2n) is 10.9. The number of ether oxygens (including phenoxy) is 5. The highest BCUT2D eigenvalue weighted by Crippen LogP contribution is 2.51. The summed E-state index contributed by atoms with van der Waals surface area (Å²) < 4.78 is 28.2. The van der Waals surface area contributed by atoms with Crippen molar-refractivity contribution < 1.29 is 48.3 Å². The van der Waals surface area contributed by atoms with Gasteiger partial charge in [-0.25, -0.2) is 0 Å². The number of aldehydes is 1. The number of nitrogens with one attached hydrogen (secondary N) is 1. The zero-order chi connectivity index (χ0) is 31.4. The van der Waals surface area contributed by atoms with Gasteiger partial charge in [-0.15, -0.1) is 0 Å². The molecule has 12 nitrogen and oxygen atoms in total. The number of methoxy groups -OCH3 is 3. The van der Waals surface area contributed by atoms with Crippen LogP contribution in [0.2, 0.25) is 0 Å². The predicted molar refractivity (Wildman–Crippen MR) is 157 cm³/mol. The van der Waals surface area contributed by atoms with Gasteiger partial charge in [0.1, 0.15) is 30.0 Å². The number of carbonyl (C=O) groups is 3. The first kappa shape index (κ1) is 31.3. The van der Waals surface area contributed by atoms with Crippen molar-refractivity contribution in [2.24, 2.45) is 5.92 Å². The zero-order valence-corrected chi connectivity index (χ0v) is 25.0. The Labute approximate surface area is 255 Å². The Morgan fingerprint density at radius 2 is 1.91 bits per heavy atom. The summed E-state index contributed by atoms with van der Waals surface area (Å²) >= 11 is 0. The normalized spacial score (nSPS) is 23.5. The van der Waals surface area contributed by atoms with Crippen molar-refractivity contribution in [3.8, 4) is 23.0 Å². The van der Waals surface area contributed by atoms with Gasteiger partial charge in [-0.05, 0) is 54.8 Å². The number of carbonyl (C=O) groups excluding carboxylic acids is 3. The topological polar surface area (TPSA) is 153 Å². The summed E-state index contributed by atoms with van der Waals surface area (Å²) in [5.74, 6) is -0.00156. The summed E-state index contributed by atoms with van der Waals surface area (Å²) in [6.07, 6.45) is 0.970. The molecular weight excluding hydrogens is 572 g/mol. The Kier molecular flexibility index (Phi) is 9.72. The van der Waals surface area contributed by atoms with Crippen molar-refractivity contribution in [1.29, 1.82) is 0 Å². The quantitative estimate of drug-likeness (QED) is 0.300. The van der Waals surface area contributed by atoms with E-state index < -0.39 is 36.0 Å². The number of benzene rings is 2. The van der Waals surface area contributed by atoms with Crippen molar-refractivity contribution in [3.63, 3.8) is 0 Å². The Morgan fingerprint density at radius 3 is 2.57 bits per heavy atom. The maximum absolute atomic E-state index is 14.0. The fraction of sp³-hybridized carbons (Fsp3) is 0.469. The van der Waals surface area contributed by atoms with Crippen molar-refractivity contribution in [1.82, 2.24) is 10.2 Å². The number of rotatable bonds is 12. The molecule has 2 aromatic rings. The lowest BCUT2D eigenvalue weighted by molar-refractivity contribution is -0.141. The fourth-order valence-corrected chi connectivity index (χ4v) is 6.25. The van der Waals surface area contributed by atoms with Gasteiger partial charge in [0.15, 0.2) is 11.5 Å². The molecule has 3 aliphatic rings. The Bertz CT molecular complexity index is 1420. The van der Waals surface area contributed by atoms with E-state index in [1.165, 1.54) is 13.2 Å². The lowest BCUT2D eigenvalue weighted by Gasteiger charge is -2.41. The van der Waals surface area contributed by atoms with Crippen LogP contribution in [0, 0.1) is 5.92 Å². The van der Waals surface area contributed by atoms with Crippen LogP contribution in [0.3, 0.4) is 0 Å². The number of hydrogen-bond acceptors (Lipinski definition) is 10. The molecule has 3 N–H and O–H groups in total. The number of hydrogen-bond donors (Lipinski definition) is 3. The summed E-state index contributed by atoms with van der Waals surface area (Å²) in [5.41, 5.74) is 1.89. The molecule has 44 heavy (non-hydrogen) atoms. The number of nitrogens with zero attached hydrogens (tertiary/aromatic N) is 1.